The molecule has 0 saturated carbocycles. The number of anilines is 1. The smallest absolute Gasteiger partial charge is 0.335 e. The van der Waals surface area contributed by atoms with Crippen LogP contribution in [0, 0.1) is 6.92 Å². The number of carboxylic acids is 1. The minimum absolute atomic E-state index is 0.0395. The zero-order valence-corrected chi connectivity index (χ0v) is 16.8. The molecule has 1 aromatic heterocycles. The van der Waals surface area contributed by atoms with Crippen LogP contribution in [0.2, 0.25) is 0 Å². The van der Waals surface area contributed by atoms with E-state index in [-0.39, 0.29) is 17.0 Å². The first-order chi connectivity index (χ1) is 13.8. The van der Waals surface area contributed by atoms with Crippen LogP contribution in [-0.2, 0) is 10.0 Å². The molecule has 150 valence electrons. The monoisotopic (exact) mass is 412 g/mol. The van der Waals surface area contributed by atoms with Crippen molar-refractivity contribution >= 4 is 21.7 Å². The molecule has 0 aliphatic heterocycles. The summed E-state index contributed by atoms with van der Waals surface area (Å²) in [6, 6.07) is 14.2. The zero-order chi connectivity index (χ0) is 21.0. The van der Waals surface area contributed by atoms with Gasteiger partial charge in [-0.25, -0.2) is 13.2 Å². The van der Waals surface area contributed by atoms with Gasteiger partial charge in [-0.3, -0.25) is 9.29 Å². The number of carbonyl (C=O) groups is 1. The molecule has 0 spiro atoms. The Morgan fingerprint density at radius 1 is 1.10 bits per heavy atom. The number of nitrogens with zero attached hydrogens (tertiary/aromatic N) is 2. The van der Waals surface area contributed by atoms with Crippen molar-refractivity contribution in [3.05, 3.63) is 78.1 Å². The number of aryl methyl sites for hydroxylation is 1. The summed E-state index contributed by atoms with van der Waals surface area (Å²) in [5, 5.41) is 9.29. The van der Waals surface area contributed by atoms with Crippen molar-refractivity contribution in [2.45, 2.75) is 18.7 Å². The van der Waals surface area contributed by atoms with Gasteiger partial charge in [0.25, 0.3) is 10.0 Å². The highest BCUT2D eigenvalue weighted by Crippen LogP contribution is 2.28. The van der Waals surface area contributed by atoms with E-state index in [9.17, 15) is 18.3 Å². The van der Waals surface area contributed by atoms with E-state index >= 15 is 0 Å². The normalized spacial score (nSPS) is 11.1. The van der Waals surface area contributed by atoms with E-state index < -0.39 is 16.0 Å². The maximum absolute atomic E-state index is 13.1. The van der Waals surface area contributed by atoms with Crippen molar-refractivity contribution in [2.75, 3.05) is 10.8 Å². The fourth-order valence-electron chi connectivity index (χ4n) is 2.83. The van der Waals surface area contributed by atoms with Crippen LogP contribution in [0.3, 0.4) is 0 Å². The van der Waals surface area contributed by atoms with E-state index in [4.69, 9.17) is 4.74 Å². The predicted molar refractivity (Wildman–Crippen MR) is 109 cm³/mol. The van der Waals surface area contributed by atoms with Gasteiger partial charge in [0, 0.05) is 12.7 Å². The Kier molecular flexibility index (Phi) is 5.84. The number of rotatable bonds is 7. The van der Waals surface area contributed by atoms with Gasteiger partial charge < -0.3 is 9.84 Å². The van der Waals surface area contributed by atoms with Crippen molar-refractivity contribution in [2.24, 2.45) is 0 Å². The summed E-state index contributed by atoms with van der Waals surface area (Å²) in [6.45, 7) is 3.52. The Bertz CT molecular complexity index is 1110. The standard InChI is InChI=1S/C21H20N2O5S/c1-3-23(29(26,27)19-11-6-15(2)20(13-19)21(24)25)16-7-9-17(10-8-16)28-18-5-4-12-22-14-18/h4-14H,3H2,1-2H3,(H,24,25). The summed E-state index contributed by atoms with van der Waals surface area (Å²) in [5.74, 6) is -0.0562. The molecule has 29 heavy (non-hydrogen) atoms. The average molecular weight is 412 g/mol. The maximum Gasteiger partial charge on any atom is 0.335 e. The molecule has 1 N–H and O–H groups in total. The molecule has 7 nitrogen and oxygen atoms in total. The number of aromatic carboxylic acids is 1. The van der Waals surface area contributed by atoms with Crippen LogP contribution in [0.5, 0.6) is 11.5 Å². The molecule has 0 aliphatic carbocycles. The lowest BCUT2D eigenvalue weighted by Gasteiger charge is -2.23. The Balaban J connectivity index is 1.90. The highest BCUT2D eigenvalue weighted by atomic mass is 32.2. The average Bonchev–Trinajstić information content (AvgIpc) is 2.70. The summed E-state index contributed by atoms with van der Waals surface area (Å²) in [7, 11) is -3.93. The minimum Gasteiger partial charge on any atom is -0.478 e. The van der Waals surface area contributed by atoms with Gasteiger partial charge in [-0.2, -0.15) is 0 Å². The summed E-state index contributed by atoms with van der Waals surface area (Å²) in [5.41, 5.74) is 0.905. The Labute approximate surface area is 169 Å². The van der Waals surface area contributed by atoms with E-state index in [2.05, 4.69) is 4.98 Å². The highest BCUT2D eigenvalue weighted by molar-refractivity contribution is 7.92. The molecular weight excluding hydrogens is 392 g/mol. The molecule has 0 fully saturated rings. The number of ether oxygens (including phenoxy) is 1. The van der Waals surface area contributed by atoms with Crippen LogP contribution in [-0.4, -0.2) is 31.0 Å². The molecule has 3 rings (SSSR count). The Morgan fingerprint density at radius 2 is 1.83 bits per heavy atom. The number of pyridine rings is 1. The molecule has 0 unspecified atom stereocenters. The fraction of sp³-hybridized carbons (Fsp3) is 0.143. The van der Waals surface area contributed by atoms with Gasteiger partial charge in [0.2, 0.25) is 0 Å². The number of benzene rings is 2. The van der Waals surface area contributed by atoms with Crippen molar-refractivity contribution in [3.8, 4) is 11.5 Å². The zero-order valence-electron chi connectivity index (χ0n) is 15.9. The first-order valence-electron chi connectivity index (χ1n) is 8.87. The van der Waals surface area contributed by atoms with Gasteiger partial charge in [0.05, 0.1) is 22.3 Å². The lowest BCUT2D eigenvalue weighted by atomic mass is 10.1. The van der Waals surface area contributed by atoms with Crippen LogP contribution in [0.25, 0.3) is 0 Å². The summed E-state index contributed by atoms with van der Waals surface area (Å²) in [4.78, 5) is 15.3. The topological polar surface area (TPSA) is 96.8 Å². The molecule has 1 heterocycles. The molecular formula is C21H20N2O5S. The number of sulfonamides is 1. The first-order valence-corrected chi connectivity index (χ1v) is 10.3. The van der Waals surface area contributed by atoms with E-state index in [1.165, 1.54) is 22.5 Å². The van der Waals surface area contributed by atoms with E-state index in [0.717, 1.165) is 0 Å². The third kappa shape index (κ3) is 4.38. The lowest BCUT2D eigenvalue weighted by Crippen LogP contribution is -2.31. The second-order valence-electron chi connectivity index (χ2n) is 6.24. The SMILES string of the molecule is CCN(c1ccc(Oc2cccnc2)cc1)S(=O)(=O)c1ccc(C)c(C(=O)O)c1. The third-order valence-electron chi connectivity index (χ3n) is 4.31. The fourth-order valence-corrected chi connectivity index (χ4v) is 4.33. The molecule has 0 aliphatic rings. The van der Waals surface area contributed by atoms with Crippen LogP contribution in [0.4, 0.5) is 5.69 Å². The number of hydrogen-bond acceptors (Lipinski definition) is 5. The van der Waals surface area contributed by atoms with Crippen molar-refractivity contribution in [1.82, 2.24) is 4.98 Å². The Morgan fingerprint density at radius 3 is 2.41 bits per heavy atom. The predicted octanol–water partition coefficient (Wildman–Crippen LogP) is 4.10. The molecule has 0 bridgehead atoms. The number of aromatic nitrogens is 1. The van der Waals surface area contributed by atoms with Gasteiger partial charge in [0.15, 0.2) is 0 Å². The van der Waals surface area contributed by atoms with Gasteiger partial charge in [-0.15, -0.1) is 0 Å². The first kappa shape index (κ1) is 20.3. The molecule has 0 atom stereocenters. The van der Waals surface area contributed by atoms with Crippen LogP contribution in [0.15, 0.2) is 71.9 Å². The van der Waals surface area contributed by atoms with Gasteiger partial charge >= 0.3 is 5.97 Å². The summed E-state index contributed by atoms with van der Waals surface area (Å²) < 4.78 is 33.1. The lowest BCUT2D eigenvalue weighted by molar-refractivity contribution is 0.0696. The molecule has 0 radical (unpaired) electrons. The van der Waals surface area contributed by atoms with Crippen molar-refractivity contribution < 1.29 is 23.1 Å². The molecule has 0 amide bonds. The molecule has 0 saturated heterocycles. The molecule has 2 aromatic carbocycles. The Hall–Kier alpha value is -3.39. The van der Waals surface area contributed by atoms with E-state index in [1.54, 1.807) is 62.6 Å². The third-order valence-corrected chi connectivity index (χ3v) is 6.21. The highest BCUT2D eigenvalue weighted by Gasteiger charge is 2.25. The van der Waals surface area contributed by atoms with Crippen LogP contribution < -0.4 is 9.04 Å². The number of carboxylic acid groups (broad SMARTS) is 1. The van der Waals surface area contributed by atoms with Gasteiger partial charge in [0.1, 0.15) is 11.5 Å². The summed E-state index contributed by atoms with van der Waals surface area (Å²) in [6.07, 6.45) is 3.22. The van der Waals surface area contributed by atoms with Crippen molar-refractivity contribution in [3.63, 3.8) is 0 Å². The molecule has 3 aromatic rings. The van der Waals surface area contributed by atoms with Gasteiger partial charge in [-0.1, -0.05) is 6.07 Å². The maximum atomic E-state index is 13.1. The number of hydrogen-bond donors (Lipinski definition) is 1. The van der Waals surface area contributed by atoms with Crippen LogP contribution in [0.1, 0.15) is 22.8 Å². The molecule has 8 heteroatoms. The van der Waals surface area contributed by atoms with E-state index in [1.807, 2.05) is 0 Å². The van der Waals surface area contributed by atoms with Gasteiger partial charge in [-0.05, 0) is 67.9 Å². The second-order valence-corrected chi connectivity index (χ2v) is 8.10. The second kappa shape index (κ2) is 8.32. The largest absolute Gasteiger partial charge is 0.478 e. The minimum atomic E-state index is -3.93. The summed E-state index contributed by atoms with van der Waals surface area (Å²) >= 11 is 0. The van der Waals surface area contributed by atoms with E-state index in [0.29, 0.717) is 22.7 Å². The quantitative estimate of drug-likeness (QED) is 0.628. The van der Waals surface area contributed by atoms with Crippen molar-refractivity contribution in [1.29, 1.82) is 0 Å². The van der Waals surface area contributed by atoms with Crippen LogP contribution >= 0.6 is 0 Å².